The maximum atomic E-state index is 12.8. The van der Waals surface area contributed by atoms with Crippen LogP contribution in [0.25, 0.3) is 21.8 Å². The number of pyridine rings is 2. The van der Waals surface area contributed by atoms with Crippen LogP contribution in [-0.2, 0) is 30.7 Å². The van der Waals surface area contributed by atoms with E-state index in [1.807, 2.05) is 54.6 Å². The number of amides is 1. The standard InChI is InChI=1S/C20H16N4O3.C19H16N4O.C2H3ClO.ClH/c25-19-16-7-5-14(4-6-15-3-1-2-9-21-15)13-17(16)22-18-8-10-23(20(26)27)11-12-24(18)19;24-19-16-7-5-14(4-6-15-3-1-2-9-21-15)13-17(16)22-18-8-10-20-11-12-23(18)19;1-2(3)4;/h1-3,5,7,9,13H,8,10-12H2,(H,26,27);1-3,5,7,9,13,20H,8,10-12H2;1H3;1H. The minimum atomic E-state index is -0.979. The van der Waals surface area contributed by atoms with E-state index in [9.17, 15) is 24.3 Å². The van der Waals surface area contributed by atoms with E-state index in [0.29, 0.717) is 59.4 Å². The number of hydrogen-bond donors (Lipinski definition) is 2. The second kappa shape index (κ2) is 19.3. The highest BCUT2D eigenvalue weighted by molar-refractivity contribution is 6.62. The highest BCUT2D eigenvalue weighted by atomic mass is 35.5. The molecule has 284 valence electrons. The molecule has 2 N–H and O–H groups in total. The van der Waals surface area contributed by atoms with Crippen LogP contribution >= 0.6 is 24.0 Å². The lowest BCUT2D eigenvalue weighted by Gasteiger charge is -2.14. The topological polar surface area (TPSA) is 165 Å². The summed E-state index contributed by atoms with van der Waals surface area (Å²) < 4.78 is 3.35. The lowest BCUT2D eigenvalue weighted by Crippen LogP contribution is -2.32. The average molecular weight is 792 g/mol. The number of nitrogens with zero attached hydrogens (tertiary/aromatic N) is 7. The number of carbonyl (C=O) groups is 2. The zero-order valence-electron chi connectivity index (χ0n) is 30.2. The zero-order valence-corrected chi connectivity index (χ0v) is 31.8. The van der Waals surface area contributed by atoms with Crippen LogP contribution in [0.1, 0.15) is 41.1 Å². The summed E-state index contributed by atoms with van der Waals surface area (Å²) in [6.07, 6.45) is 3.59. The fourth-order valence-electron chi connectivity index (χ4n) is 5.95. The molecule has 0 saturated carbocycles. The van der Waals surface area contributed by atoms with Crippen molar-refractivity contribution in [3.63, 3.8) is 0 Å². The molecular formula is C41H36Cl2N8O5. The Morgan fingerprint density at radius 3 is 1.71 bits per heavy atom. The Labute approximate surface area is 332 Å². The van der Waals surface area contributed by atoms with Crippen LogP contribution < -0.4 is 16.4 Å². The number of aromatic nitrogens is 6. The van der Waals surface area contributed by atoms with Crippen molar-refractivity contribution in [2.45, 2.75) is 32.9 Å². The third kappa shape index (κ3) is 10.4. The molecule has 4 aromatic heterocycles. The monoisotopic (exact) mass is 790 g/mol. The van der Waals surface area contributed by atoms with Crippen LogP contribution in [0.15, 0.2) is 94.8 Å². The van der Waals surface area contributed by atoms with E-state index in [4.69, 9.17) is 4.98 Å². The van der Waals surface area contributed by atoms with Gasteiger partial charge in [-0.15, -0.1) is 12.4 Å². The van der Waals surface area contributed by atoms with Crippen molar-refractivity contribution in [1.82, 2.24) is 39.3 Å². The molecule has 0 bridgehead atoms. The molecule has 0 atom stereocenters. The van der Waals surface area contributed by atoms with Gasteiger partial charge in [0, 0.05) is 82.6 Å². The Hall–Kier alpha value is -6.38. The molecule has 8 rings (SSSR count). The van der Waals surface area contributed by atoms with Crippen molar-refractivity contribution in [2.24, 2.45) is 0 Å². The molecule has 0 saturated heterocycles. The average Bonchev–Trinajstić information content (AvgIpc) is 3.56. The Morgan fingerprint density at radius 2 is 1.21 bits per heavy atom. The molecule has 0 fully saturated rings. The lowest BCUT2D eigenvalue weighted by atomic mass is 10.1. The molecule has 2 aliphatic rings. The van der Waals surface area contributed by atoms with Crippen LogP contribution in [-0.4, -0.2) is 76.6 Å². The first-order valence-corrected chi connectivity index (χ1v) is 17.8. The number of carboxylic acid groups (broad SMARTS) is 1. The van der Waals surface area contributed by atoms with Gasteiger partial charge in [0.25, 0.3) is 11.1 Å². The van der Waals surface area contributed by atoms with E-state index in [1.54, 1.807) is 39.7 Å². The van der Waals surface area contributed by atoms with Crippen molar-refractivity contribution >= 4 is 57.1 Å². The summed E-state index contributed by atoms with van der Waals surface area (Å²) in [6.45, 7) is 4.52. The number of halogens is 2. The Morgan fingerprint density at radius 1 is 0.696 bits per heavy atom. The maximum absolute atomic E-state index is 12.8. The Bertz CT molecular complexity index is 2620. The molecule has 15 heteroatoms. The zero-order chi connectivity index (χ0) is 38.7. The van der Waals surface area contributed by atoms with Crippen LogP contribution in [0.2, 0.25) is 0 Å². The molecule has 56 heavy (non-hydrogen) atoms. The number of fused-ring (bicyclic) bond motifs is 4. The van der Waals surface area contributed by atoms with Gasteiger partial charge in [0.2, 0.25) is 5.24 Å². The third-order valence-corrected chi connectivity index (χ3v) is 8.58. The van der Waals surface area contributed by atoms with Gasteiger partial charge in [-0.2, -0.15) is 0 Å². The molecule has 6 aromatic rings. The molecule has 0 radical (unpaired) electrons. The van der Waals surface area contributed by atoms with Crippen molar-refractivity contribution in [3.05, 3.63) is 140 Å². The first-order chi connectivity index (χ1) is 26.7. The Balaban J connectivity index is 0.000000194. The summed E-state index contributed by atoms with van der Waals surface area (Å²) in [7, 11) is 0. The smallest absolute Gasteiger partial charge is 0.407 e. The van der Waals surface area contributed by atoms with Gasteiger partial charge in [0.15, 0.2) is 0 Å². The van der Waals surface area contributed by atoms with E-state index in [1.165, 1.54) is 11.8 Å². The summed E-state index contributed by atoms with van der Waals surface area (Å²) in [5.41, 5.74) is 4.13. The van der Waals surface area contributed by atoms with Gasteiger partial charge in [-0.05, 0) is 84.1 Å². The first kappa shape index (κ1) is 40.8. The quantitative estimate of drug-likeness (QED) is 0.168. The fraction of sp³-hybridized carbons (Fsp3) is 0.220. The molecule has 1 amide bonds. The SMILES string of the molecule is CC(=O)Cl.Cl.O=C(O)N1CCc2nc3cc(C#Cc4ccccn4)ccc3c(=O)n2CC1.O=c1c2ccc(C#Cc3ccccn3)cc2nc2n1CCNCC2. The van der Waals surface area contributed by atoms with E-state index in [-0.39, 0.29) is 35.3 Å². The van der Waals surface area contributed by atoms with Crippen LogP contribution in [0.4, 0.5) is 4.79 Å². The predicted molar refractivity (Wildman–Crippen MR) is 216 cm³/mol. The van der Waals surface area contributed by atoms with Crippen molar-refractivity contribution in [1.29, 1.82) is 0 Å². The number of benzene rings is 2. The van der Waals surface area contributed by atoms with E-state index in [2.05, 4.69) is 55.6 Å². The fourth-order valence-corrected chi connectivity index (χ4v) is 5.95. The van der Waals surface area contributed by atoms with Gasteiger partial charge in [0.05, 0.1) is 21.8 Å². The minimum absolute atomic E-state index is 0. The van der Waals surface area contributed by atoms with Crippen LogP contribution in [0.3, 0.4) is 0 Å². The normalized spacial score (nSPS) is 12.8. The van der Waals surface area contributed by atoms with Gasteiger partial charge >= 0.3 is 6.09 Å². The molecular weight excluding hydrogens is 755 g/mol. The van der Waals surface area contributed by atoms with E-state index in [0.717, 1.165) is 42.2 Å². The Kier molecular flexibility index (Phi) is 14.0. The van der Waals surface area contributed by atoms with E-state index >= 15 is 0 Å². The molecule has 2 aliphatic heterocycles. The van der Waals surface area contributed by atoms with Gasteiger partial charge in [0.1, 0.15) is 23.0 Å². The second-order valence-electron chi connectivity index (χ2n) is 12.4. The second-order valence-corrected chi connectivity index (χ2v) is 12.9. The van der Waals surface area contributed by atoms with Crippen molar-refractivity contribution < 1.29 is 14.7 Å². The highest BCUT2D eigenvalue weighted by Crippen LogP contribution is 2.15. The minimum Gasteiger partial charge on any atom is -0.465 e. The number of rotatable bonds is 0. The van der Waals surface area contributed by atoms with Gasteiger partial charge in [-0.3, -0.25) is 23.5 Å². The number of carbonyl (C=O) groups excluding carboxylic acids is 1. The number of hydrogen-bond acceptors (Lipinski definition) is 9. The molecule has 13 nitrogen and oxygen atoms in total. The predicted octanol–water partition coefficient (Wildman–Crippen LogP) is 4.26. The molecule has 2 aromatic carbocycles. The lowest BCUT2D eigenvalue weighted by molar-refractivity contribution is -0.109. The molecule has 0 unspecified atom stereocenters. The summed E-state index contributed by atoms with van der Waals surface area (Å²) in [5, 5.41) is 13.3. The van der Waals surface area contributed by atoms with Gasteiger partial charge in [-0.1, -0.05) is 24.0 Å². The van der Waals surface area contributed by atoms with Gasteiger partial charge in [-0.25, -0.2) is 24.7 Å². The van der Waals surface area contributed by atoms with Crippen LogP contribution in [0.5, 0.6) is 0 Å². The first-order valence-electron chi connectivity index (χ1n) is 17.4. The van der Waals surface area contributed by atoms with Crippen molar-refractivity contribution in [2.75, 3.05) is 26.2 Å². The van der Waals surface area contributed by atoms with Crippen LogP contribution in [0, 0.1) is 23.7 Å². The molecule has 0 aliphatic carbocycles. The number of nitrogens with one attached hydrogen (secondary N) is 1. The van der Waals surface area contributed by atoms with E-state index < -0.39 is 6.09 Å². The highest BCUT2D eigenvalue weighted by Gasteiger charge is 2.20. The summed E-state index contributed by atoms with van der Waals surface area (Å²) in [5.74, 6) is 13.6. The molecule has 0 spiro atoms. The third-order valence-electron chi connectivity index (χ3n) is 8.58. The van der Waals surface area contributed by atoms with Crippen molar-refractivity contribution in [3.8, 4) is 23.7 Å². The summed E-state index contributed by atoms with van der Waals surface area (Å²) >= 11 is 4.64. The summed E-state index contributed by atoms with van der Waals surface area (Å²) in [4.78, 5) is 64.8. The molecule has 6 heterocycles. The summed E-state index contributed by atoms with van der Waals surface area (Å²) in [6, 6.07) is 22.0. The largest absolute Gasteiger partial charge is 0.465 e. The maximum Gasteiger partial charge on any atom is 0.407 e. The van der Waals surface area contributed by atoms with Gasteiger partial charge < -0.3 is 15.3 Å².